The average Bonchev–Trinajstić information content (AvgIpc) is 3.21. The third kappa shape index (κ3) is 2.61. The number of nitrogens with zero attached hydrogens (tertiary/aromatic N) is 2. The molecule has 0 aliphatic carbocycles. The fourth-order valence-corrected chi connectivity index (χ4v) is 3.31. The van der Waals surface area contributed by atoms with E-state index >= 15 is 0 Å². The normalized spacial score (nSPS) is 12.6. The second-order valence-corrected chi connectivity index (χ2v) is 6.27. The second-order valence-electron chi connectivity index (χ2n) is 5.38. The van der Waals surface area contributed by atoms with Crippen LogP contribution in [-0.2, 0) is 6.54 Å². The van der Waals surface area contributed by atoms with E-state index in [1.807, 2.05) is 36.4 Å². The molecule has 2 aromatic carbocycles. The van der Waals surface area contributed by atoms with Crippen LogP contribution < -0.4 is 9.47 Å². The lowest BCUT2D eigenvalue weighted by molar-refractivity contribution is 0.0785. The van der Waals surface area contributed by atoms with Crippen LogP contribution in [-0.4, -0.2) is 29.6 Å². The zero-order valence-corrected chi connectivity index (χ0v) is 13.3. The number of ether oxygens (including phenoxy) is 2. The summed E-state index contributed by atoms with van der Waals surface area (Å²) in [5.41, 5.74) is 4.38. The minimum Gasteiger partial charge on any atom is -0.454 e. The Hall–Kier alpha value is -2.60. The summed E-state index contributed by atoms with van der Waals surface area (Å²) in [6, 6.07) is 11.3. The van der Waals surface area contributed by atoms with Crippen molar-refractivity contribution in [3.8, 4) is 11.5 Å². The highest BCUT2D eigenvalue weighted by atomic mass is 32.1. The Morgan fingerprint density at radius 3 is 3.00 bits per heavy atom. The highest BCUT2D eigenvalue weighted by Crippen LogP contribution is 2.32. The minimum atomic E-state index is -0.0158. The SMILES string of the molecule is CN(Cc1ccc2c(c1)OCO2)C(=O)c1ccc2ncsc2c1. The first kappa shape index (κ1) is 14.0. The van der Waals surface area contributed by atoms with Crippen LogP contribution in [0.1, 0.15) is 15.9 Å². The maximum Gasteiger partial charge on any atom is 0.253 e. The van der Waals surface area contributed by atoms with Crippen LogP contribution in [0.4, 0.5) is 0 Å². The predicted molar refractivity (Wildman–Crippen MR) is 88.0 cm³/mol. The van der Waals surface area contributed by atoms with Crippen LogP contribution in [0.2, 0.25) is 0 Å². The van der Waals surface area contributed by atoms with Gasteiger partial charge >= 0.3 is 0 Å². The van der Waals surface area contributed by atoms with Crippen molar-refractivity contribution in [3.05, 3.63) is 53.0 Å². The Kier molecular flexibility index (Phi) is 3.38. The molecule has 1 aliphatic rings. The van der Waals surface area contributed by atoms with E-state index < -0.39 is 0 Å². The van der Waals surface area contributed by atoms with E-state index in [1.165, 1.54) is 11.3 Å². The van der Waals surface area contributed by atoms with Crippen LogP contribution in [0, 0.1) is 0 Å². The van der Waals surface area contributed by atoms with Crippen molar-refractivity contribution in [1.82, 2.24) is 9.88 Å². The van der Waals surface area contributed by atoms with E-state index in [0.29, 0.717) is 12.1 Å². The molecule has 0 unspecified atom stereocenters. The first-order chi connectivity index (χ1) is 11.2. The Bertz CT molecular complexity index is 890. The molecule has 4 rings (SSSR count). The maximum atomic E-state index is 12.6. The number of amides is 1. The van der Waals surface area contributed by atoms with Crippen molar-refractivity contribution in [2.24, 2.45) is 0 Å². The van der Waals surface area contributed by atoms with E-state index in [1.54, 1.807) is 17.5 Å². The Morgan fingerprint density at radius 2 is 2.09 bits per heavy atom. The van der Waals surface area contributed by atoms with Gasteiger partial charge in [-0.1, -0.05) is 6.07 Å². The van der Waals surface area contributed by atoms with Gasteiger partial charge in [0.2, 0.25) is 6.79 Å². The van der Waals surface area contributed by atoms with Gasteiger partial charge < -0.3 is 14.4 Å². The fourth-order valence-electron chi connectivity index (χ4n) is 2.59. The molecule has 0 spiro atoms. The number of aromatic nitrogens is 1. The van der Waals surface area contributed by atoms with Gasteiger partial charge in [-0.3, -0.25) is 4.79 Å². The van der Waals surface area contributed by atoms with Crippen molar-refractivity contribution in [2.75, 3.05) is 13.8 Å². The lowest BCUT2D eigenvalue weighted by atomic mass is 10.1. The molecule has 6 heteroatoms. The molecule has 0 bridgehead atoms. The molecule has 2 heterocycles. The summed E-state index contributed by atoms with van der Waals surface area (Å²) in [6.45, 7) is 0.763. The molecule has 1 aromatic heterocycles. The van der Waals surface area contributed by atoms with E-state index in [9.17, 15) is 4.79 Å². The summed E-state index contributed by atoms with van der Waals surface area (Å²) in [4.78, 5) is 18.5. The summed E-state index contributed by atoms with van der Waals surface area (Å²) in [6.07, 6.45) is 0. The van der Waals surface area contributed by atoms with E-state index in [0.717, 1.165) is 27.3 Å². The Balaban J connectivity index is 1.53. The van der Waals surface area contributed by atoms with Crippen molar-refractivity contribution in [3.63, 3.8) is 0 Å². The van der Waals surface area contributed by atoms with Gasteiger partial charge in [-0.15, -0.1) is 11.3 Å². The first-order valence-corrected chi connectivity index (χ1v) is 8.06. The quantitative estimate of drug-likeness (QED) is 0.741. The molecular weight excluding hydrogens is 312 g/mol. The van der Waals surface area contributed by atoms with Crippen LogP contribution in [0.15, 0.2) is 41.9 Å². The highest BCUT2D eigenvalue weighted by Gasteiger charge is 2.16. The second kappa shape index (κ2) is 5.55. The molecule has 3 aromatic rings. The van der Waals surface area contributed by atoms with Gasteiger partial charge in [0.25, 0.3) is 5.91 Å². The first-order valence-electron chi connectivity index (χ1n) is 7.18. The van der Waals surface area contributed by atoms with E-state index in [4.69, 9.17) is 9.47 Å². The zero-order chi connectivity index (χ0) is 15.8. The Labute approximate surface area is 137 Å². The topological polar surface area (TPSA) is 51.7 Å². The van der Waals surface area contributed by atoms with E-state index in [-0.39, 0.29) is 12.7 Å². The maximum absolute atomic E-state index is 12.6. The number of hydrogen-bond donors (Lipinski definition) is 0. The summed E-state index contributed by atoms with van der Waals surface area (Å²) >= 11 is 1.54. The molecule has 0 atom stereocenters. The number of fused-ring (bicyclic) bond motifs is 2. The van der Waals surface area contributed by atoms with Gasteiger partial charge in [0, 0.05) is 19.2 Å². The molecule has 0 radical (unpaired) electrons. The molecule has 0 fully saturated rings. The summed E-state index contributed by atoms with van der Waals surface area (Å²) in [5, 5.41) is 0. The smallest absolute Gasteiger partial charge is 0.253 e. The van der Waals surface area contributed by atoms with Crippen LogP contribution >= 0.6 is 11.3 Å². The van der Waals surface area contributed by atoms with E-state index in [2.05, 4.69) is 4.98 Å². The molecule has 0 saturated heterocycles. The van der Waals surface area contributed by atoms with Crippen molar-refractivity contribution >= 4 is 27.5 Å². The number of carbonyl (C=O) groups is 1. The van der Waals surface area contributed by atoms with Crippen LogP contribution in [0.25, 0.3) is 10.2 Å². The fraction of sp³-hybridized carbons (Fsp3) is 0.176. The molecule has 1 amide bonds. The molecule has 0 N–H and O–H groups in total. The standard InChI is InChI=1S/C17H14N2O3S/c1-19(8-11-2-5-14-15(6-11)22-10-21-14)17(20)12-3-4-13-16(7-12)23-9-18-13/h2-7,9H,8,10H2,1H3. The highest BCUT2D eigenvalue weighted by molar-refractivity contribution is 7.16. The van der Waals surface area contributed by atoms with Gasteiger partial charge in [-0.05, 0) is 35.9 Å². The van der Waals surface area contributed by atoms with Gasteiger partial charge in [0.05, 0.1) is 15.7 Å². The monoisotopic (exact) mass is 326 g/mol. The number of thiazole rings is 1. The third-order valence-electron chi connectivity index (χ3n) is 3.78. The summed E-state index contributed by atoms with van der Waals surface area (Å²) in [7, 11) is 1.80. The number of hydrogen-bond acceptors (Lipinski definition) is 5. The average molecular weight is 326 g/mol. The lowest BCUT2D eigenvalue weighted by Gasteiger charge is -2.17. The summed E-state index contributed by atoms with van der Waals surface area (Å²) in [5.74, 6) is 1.46. The summed E-state index contributed by atoms with van der Waals surface area (Å²) < 4.78 is 11.7. The Morgan fingerprint density at radius 1 is 1.22 bits per heavy atom. The van der Waals surface area contributed by atoms with Crippen molar-refractivity contribution in [2.45, 2.75) is 6.54 Å². The van der Waals surface area contributed by atoms with Gasteiger partial charge in [-0.25, -0.2) is 4.98 Å². The molecule has 0 saturated carbocycles. The zero-order valence-electron chi connectivity index (χ0n) is 12.5. The van der Waals surface area contributed by atoms with Crippen LogP contribution in [0.3, 0.4) is 0 Å². The number of rotatable bonds is 3. The predicted octanol–water partition coefficient (Wildman–Crippen LogP) is 3.30. The molecule has 23 heavy (non-hydrogen) atoms. The molecule has 116 valence electrons. The van der Waals surface area contributed by atoms with Gasteiger partial charge in [-0.2, -0.15) is 0 Å². The number of benzene rings is 2. The van der Waals surface area contributed by atoms with Crippen molar-refractivity contribution in [1.29, 1.82) is 0 Å². The van der Waals surface area contributed by atoms with Gasteiger partial charge in [0.15, 0.2) is 11.5 Å². The largest absolute Gasteiger partial charge is 0.454 e. The van der Waals surface area contributed by atoms with Crippen molar-refractivity contribution < 1.29 is 14.3 Å². The van der Waals surface area contributed by atoms with Gasteiger partial charge in [0.1, 0.15) is 0 Å². The lowest BCUT2D eigenvalue weighted by Crippen LogP contribution is -2.26. The third-order valence-corrected chi connectivity index (χ3v) is 4.57. The minimum absolute atomic E-state index is 0.0158. The molecular formula is C17H14N2O3S. The molecule has 1 aliphatic heterocycles. The number of carbonyl (C=O) groups excluding carboxylic acids is 1. The molecule has 5 nitrogen and oxygen atoms in total. The van der Waals surface area contributed by atoms with Crippen LogP contribution in [0.5, 0.6) is 11.5 Å².